The van der Waals surface area contributed by atoms with Gasteiger partial charge in [-0.1, -0.05) is 43.3 Å². The second-order valence-electron chi connectivity index (χ2n) is 11.2. The molecule has 1 saturated carbocycles. The van der Waals surface area contributed by atoms with Crippen LogP contribution in [0.25, 0.3) is 6.08 Å². The molecule has 0 spiro atoms. The predicted molar refractivity (Wildman–Crippen MR) is 156 cm³/mol. The number of thiophene rings is 1. The van der Waals surface area contributed by atoms with Gasteiger partial charge in [-0.15, -0.1) is 11.3 Å². The quantitative estimate of drug-likeness (QED) is 0.266. The number of ether oxygens (including phenoxy) is 2. The summed E-state index contributed by atoms with van der Waals surface area (Å²) < 4.78 is 11.0. The van der Waals surface area contributed by atoms with Crippen LogP contribution in [0.15, 0.2) is 54.6 Å². The number of fused-ring (bicyclic) bond motifs is 7. The third-order valence-electron chi connectivity index (χ3n) is 9.22. The Labute approximate surface area is 234 Å². The molecule has 1 aromatic heterocycles. The van der Waals surface area contributed by atoms with Gasteiger partial charge >= 0.3 is 5.97 Å². The highest BCUT2D eigenvalue weighted by Crippen LogP contribution is 2.63. The number of benzene rings is 2. The second-order valence-corrected chi connectivity index (χ2v) is 12.3. The number of esters is 1. The first kappa shape index (κ1) is 25.9. The zero-order valence-corrected chi connectivity index (χ0v) is 23.6. The van der Waals surface area contributed by atoms with Crippen molar-refractivity contribution in [3.8, 4) is 5.75 Å². The number of carbonyl (C=O) groups excluding carboxylic acids is 2. The first-order valence-electron chi connectivity index (χ1n) is 14.0. The zero-order valence-electron chi connectivity index (χ0n) is 22.8. The average molecular weight is 542 g/mol. The van der Waals surface area contributed by atoms with E-state index in [-0.39, 0.29) is 17.3 Å². The summed E-state index contributed by atoms with van der Waals surface area (Å²) in [6, 6.07) is 16.3. The second kappa shape index (κ2) is 10.3. The van der Waals surface area contributed by atoms with E-state index >= 15 is 0 Å². The van der Waals surface area contributed by atoms with Crippen molar-refractivity contribution in [2.75, 3.05) is 19.0 Å². The number of aryl methyl sites for hydroxylation is 1. The Kier molecular flexibility index (Phi) is 6.84. The van der Waals surface area contributed by atoms with Crippen molar-refractivity contribution in [1.82, 2.24) is 0 Å². The van der Waals surface area contributed by atoms with Crippen molar-refractivity contribution in [2.24, 2.45) is 11.8 Å². The van der Waals surface area contributed by atoms with E-state index in [0.29, 0.717) is 34.9 Å². The highest BCUT2D eigenvalue weighted by molar-refractivity contribution is 7.17. The van der Waals surface area contributed by atoms with E-state index < -0.39 is 0 Å². The minimum Gasteiger partial charge on any atom is -0.497 e. The van der Waals surface area contributed by atoms with Crippen LogP contribution >= 0.6 is 11.3 Å². The zero-order chi connectivity index (χ0) is 27.1. The molecule has 4 atom stereocenters. The van der Waals surface area contributed by atoms with Gasteiger partial charge in [0.1, 0.15) is 10.8 Å². The van der Waals surface area contributed by atoms with E-state index in [9.17, 15) is 9.59 Å². The van der Waals surface area contributed by atoms with Gasteiger partial charge in [0.05, 0.1) is 19.3 Å². The van der Waals surface area contributed by atoms with Crippen LogP contribution in [0.1, 0.15) is 76.5 Å². The van der Waals surface area contributed by atoms with Crippen molar-refractivity contribution in [3.05, 3.63) is 87.3 Å². The number of hydrogen-bond donors (Lipinski definition) is 1. The lowest BCUT2D eigenvalue weighted by Gasteiger charge is -2.49. The third kappa shape index (κ3) is 4.49. The van der Waals surface area contributed by atoms with E-state index in [4.69, 9.17) is 9.47 Å². The molecule has 1 N–H and O–H groups in total. The molecule has 0 aliphatic heterocycles. The van der Waals surface area contributed by atoms with Crippen LogP contribution in [0.2, 0.25) is 0 Å². The molecular formula is C33H35NO4S. The highest BCUT2D eigenvalue weighted by atomic mass is 32.1. The Hall–Kier alpha value is -3.38. The molecule has 3 aliphatic carbocycles. The molecule has 3 aliphatic rings. The van der Waals surface area contributed by atoms with E-state index in [0.717, 1.165) is 49.0 Å². The third-order valence-corrected chi connectivity index (χ3v) is 10.4. The van der Waals surface area contributed by atoms with Gasteiger partial charge in [-0.2, -0.15) is 0 Å². The van der Waals surface area contributed by atoms with Gasteiger partial charge in [-0.25, -0.2) is 4.79 Å². The summed E-state index contributed by atoms with van der Waals surface area (Å²) in [4.78, 5) is 27.5. The fourth-order valence-corrected chi connectivity index (χ4v) is 8.88. The van der Waals surface area contributed by atoms with Crippen LogP contribution in [0, 0.1) is 11.8 Å². The largest absolute Gasteiger partial charge is 0.497 e. The number of carbonyl (C=O) groups is 2. The molecule has 1 amide bonds. The summed E-state index contributed by atoms with van der Waals surface area (Å²) in [5, 5.41) is 3.64. The van der Waals surface area contributed by atoms with E-state index in [1.807, 2.05) is 37.3 Å². The lowest BCUT2D eigenvalue weighted by Crippen LogP contribution is -2.43. The van der Waals surface area contributed by atoms with Crippen molar-refractivity contribution in [2.45, 2.75) is 57.3 Å². The van der Waals surface area contributed by atoms with Gasteiger partial charge in [0.25, 0.3) is 0 Å². The van der Waals surface area contributed by atoms with E-state index in [2.05, 4.69) is 30.4 Å². The van der Waals surface area contributed by atoms with Crippen molar-refractivity contribution >= 4 is 34.3 Å². The maximum atomic E-state index is 13.4. The minimum absolute atomic E-state index is 0.109. The summed E-state index contributed by atoms with van der Waals surface area (Å²) >= 11 is 1.56. The summed E-state index contributed by atoms with van der Waals surface area (Å²) in [6.45, 7) is 4.48. The standard InChI is InChI=1S/C33H35NO4S/c1-4-38-32(36)29-30-27(39-31(29)34-28(35)15-10-20-8-6-5-7-9-20)19-26-25-13-11-21-18-22(37-3)12-14-23(21)24(25)16-17-33(26,30)2/h5-10,12,14-15,18,24-26H,4,11,13,16-17,19H2,1-3H3,(H,34,35)/b15-10+/t24-,25+,26+,33-/m1/s1. The van der Waals surface area contributed by atoms with Crippen LogP contribution in [-0.4, -0.2) is 25.6 Å². The van der Waals surface area contributed by atoms with Crippen LogP contribution in [0.4, 0.5) is 5.00 Å². The summed E-state index contributed by atoms with van der Waals surface area (Å²) in [7, 11) is 1.73. The van der Waals surface area contributed by atoms with Crippen molar-refractivity contribution in [3.63, 3.8) is 0 Å². The Morgan fingerprint density at radius 2 is 1.97 bits per heavy atom. The maximum Gasteiger partial charge on any atom is 0.341 e. The number of amides is 1. The summed E-state index contributed by atoms with van der Waals surface area (Å²) in [5.41, 5.74) is 5.44. The van der Waals surface area contributed by atoms with Gasteiger partial charge < -0.3 is 14.8 Å². The molecule has 202 valence electrons. The number of anilines is 1. The van der Waals surface area contributed by atoms with Crippen LogP contribution in [-0.2, 0) is 27.8 Å². The van der Waals surface area contributed by atoms with E-state index in [1.54, 1.807) is 24.5 Å². The topological polar surface area (TPSA) is 64.6 Å². The maximum absolute atomic E-state index is 13.4. The van der Waals surface area contributed by atoms with Crippen LogP contribution < -0.4 is 10.1 Å². The molecule has 0 saturated heterocycles. The molecule has 5 nitrogen and oxygen atoms in total. The molecule has 3 aromatic rings. The number of hydrogen-bond acceptors (Lipinski definition) is 5. The first-order chi connectivity index (χ1) is 18.9. The van der Waals surface area contributed by atoms with Gasteiger partial charge in [-0.3, -0.25) is 4.79 Å². The number of rotatable bonds is 6. The molecule has 1 heterocycles. The van der Waals surface area contributed by atoms with Crippen molar-refractivity contribution in [1.29, 1.82) is 0 Å². The first-order valence-corrected chi connectivity index (χ1v) is 14.8. The fraction of sp³-hybridized carbons (Fsp3) is 0.394. The van der Waals surface area contributed by atoms with Gasteiger partial charge in [0.15, 0.2) is 0 Å². The highest BCUT2D eigenvalue weighted by Gasteiger charge is 2.55. The molecule has 0 radical (unpaired) electrons. The van der Waals surface area contributed by atoms with E-state index in [1.165, 1.54) is 22.1 Å². The van der Waals surface area contributed by atoms with Gasteiger partial charge in [-0.05, 0) is 103 Å². The lowest BCUT2D eigenvalue weighted by atomic mass is 9.54. The predicted octanol–water partition coefficient (Wildman–Crippen LogP) is 7.16. The Morgan fingerprint density at radius 3 is 2.74 bits per heavy atom. The number of nitrogens with one attached hydrogen (secondary N) is 1. The molecule has 1 fully saturated rings. The Morgan fingerprint density at radius 1 is 1.15 bits per heavy atom. The summed E-state index contributed by atoms with van der Waals surface area (Å²) in [6.07, 6.45) is 8.59. The average Bonchev–Trinajstić information content (AvgIpc) is 3.45. The van der Waals surface area contributed by atoms with Gasteiger partial charge in [0, 0.05) is 11.0 Å². The van der Waals surface area contributed by atoms with Crippen LogP contribution in [0.3, 0.4) is 0 Å². The molecule has 6 heteroatoms. The molecular weight excluding hydrogens is 506 g/mol. The molecule has 0 bridgehead atoms. The Balaban J connectivity index is 1.31. The van der Waals surface area contributed by atoms with Gasteiger partial charge in [0.2, 0.25) is 5.91 Å². The Bertz CT molecular complexity index is 1440. The molecule has 0 unspecified atom stereocenters. The number of methoxy groups -OCH3 is 1. The fourth-order valence-electron chi connectivity index (χ4n) is 7.49. The normalized spacial score (nSPS) is 24.8. The molecule has 2 aromatic carbocycles. The van der Waals surface area contributed by atoms with Crippen molar-refractivity contribution < 1.29 is 19.1 Å². The monoisotopic (exact) mass is 541 g/mol. The summed E-state index contributed by atoms with van der Waals surface area (Å²) in [5.74, 6) is 1.95. The SMILES string of the molecule is CCOC(=O)c1c(NC(=O)/C=C/c2ccccc2)sc2c1[C@]1(C)CC[C@@H]3c4ccc(OC)cc4CC[C@@H]3[C@@H]1C2. The van der Waals surface area contributed by atoms with Crippen LogP contribution in [0.5, 0.6) is 5.75 Å². The molecule has 6 rings (SSSR count). The smallest absolute Gasteiger partial charge is 0.341 e. The lowest BCUT2D eigenvalue weighted by molar-refractivity contribution is -0.111. The minimum atomic E-state index is -0.331. The molecule has 39 heavy (non-hydrogen) atoms.